The Morgan fingerprint density at radius 3 is 2.27 bits per heavy atom. The lowest BCUT2D eigenvalue weighted by Crippen LogP contribution is -2.49. The molecular weight excluding hydrogens is 186 g/mol. The fourth-order valence-electron chi connectivity index (χ4n) is 2.61. The van der Waals surface area contributed by atoms with E-state index in [9.17, 15) is 0 Å². The van der Waals surface area contributed by atoms with Crippen LogP contribution < -0.4 is 5.73 Å². The largest absolute Gasteiger partial charge is 0.377 e. The van der Waals surface area contributed by atoms with E-state index in [2.05, 4.69) is 6.58 Å². The number of hydrogen-bond acceptors (Lipinski definition) is 2. The molecule has 0 aromatic rings. The normalized spacial score (nSPS) is 23.1. The third kappa shape index (κ3) is 3.32. The van der Waals surface area contributed by atoms with Crippen molar-refractivity contribution in [3.05, 3.63) is 12.2 Å². The number of hydrogen-bond donors (Lipinski definition) is 1. The van der Waals surface area contributed by atoms with Crippen molar-refractivity contribution in [1.82, 2.24) is 0 Å². The molecule has 2 N–H and O–H groups in total. The maximum absolute atomic E-state index is 6.28. The van der Waals surface area contributed by atoms with E-state index in [-0.39, 0.29) is 11.6 Å². The van der Waals surface area contributed by atoms with E-state index in [0.29, 0.717) is 0 Å². The predicted octanol–water partition coefficient (Wildman–Crippen LogP) is 3.02. The Morgan fingerprint density at radius 1 is 1.33 bits per heavy atom. The van der Waals surface area contributed by atoms with Gasteiger partial charge < -0.3 is 10.5 Å². The molecule has 1 atom stereocenters. The van der Waals surface area contributed by atoms with Crippen LogP contribution in [-0.4, -0.2) is 18.8 Å². The van der Waals surface area contributed by atoms with Gasteiger partial charge in [-0.2, -0.15) is 0 Å². The molecule has 2 nitrogen and oxygen atoms in total. The minimum Gasteiger partial charge on any atom is -0.377 e. The van der Waals surface area contributed by atoms with Crippen molar-refractivity contribution in [2.24, 2.45) is 5.73 Å². The highest BCUT2D eigenvalue weighted by molar-refractivity contribution is 5.01. The Labute approximate surface area is 93.9 Å². The molecule has 0 aromatic heterocycles. The summed E-state index contributed by atoms with van der Waals surface area (Å²) in [5, 5.41) is 0. The second-order valence-corrected chi connectivity index (χ2v) is 4.95. The first kappa shape index (κ1) is 12.7. The van der Waals surface area contributed by atoms with E-state index in [4.69, 9.17) is 10.5 Å². The van der Waals surface area contributed by atoms with Crippen molar-refractivity contribution in [2.75, 3.05) is 7.11 Å². The topological polar surface area (TPSA) is 35.2 Å². The first-order valence-electron chi connectivity index (χ1n) is 6.06. The van der Waals surface area contributed by atoms with Gasteiger partial charge in [0.1, 0.15) is 0 Å². The molecular formula is C13H25NO. The van der Waals surface area contributed by atoms with E-state index in [0.717, 1.165) is 24.8 Å². The Kier molecular flexibility index (Phi) is 4.81. The summed E-state index contributed by atoms with van der Waals surface area (Å²) in [5.41, 5.74) is 7.35. The third-order valence-corrected chi connectivity index (χ3v) is 3.60. The molecule has 2 heteroatoms. The Bertz CT molecular complexity index is 205. The fraction of sp³-hybridized carbons (Fsp3) is 0.846. The van der Waals surface area contributed by atoms with Gasteiger partial charge in [-0.25, -0.2) is 0 Å². The highest BCUT2D eigenvalue weighted by Gasteiger charge is 2.36. The molecule has 0 spiro atoms. The van der Waals surface area contributed by atoms with E-state index >= 15 is 0 Å². The summed E-state index contributed by atoms with van der Waals surface area (Å²) in [6.07, 6.45) is 8.25. The standard InChI is InChI=1S/C13H25NO/c1-11(2)10-12(14)13(15-3)8-6-4-5-7-9-13/h12H,1,4-10,14H2,2-3H3. The monoisotopic (exact) mass is 211 g/mol. The zero-order valence-electron chi connectivity index (χ0n) is 10.2. The molecule has 0 bridgehead atoms. The third-order valence-electron chi connectivity index (χ3n) is 3.60. The van der Waals surface area contributed by atoms with Crippen LogP contribution in [0.3, 0.4) is 0 Å². The minimum atomic E-state index is -0.0878. The first-order chi connectivity index (χ1) is 7.10. The van der Waals surface area contributed by atoms with Gasteiger partial charge in [0.15, 0.2) is 0 Å². The number of nitrogens with two attached hydrogens (primary N) is 1. The van der Waals surface area contributed by atoms with Crippen LogP contribution in [0.1, 0.15) is 51.9 Å². The van der Waals surface area contributed by atoms with E-state index in [1.807, 2.05) is 14.0 Å². The summed E-state index contributed by atoms with van der Waals surface area (Å²) < 4.78 is 5.76. The molecule has 0 aliphatic heterocycles. The Balaban J connectivity index is 2.67. The van der Waals surface area contributed by atoms with Crippen molar-refractivity contribution in [3.63, 3.8) is 0 Å². The number of methoxy groups -OCH3 is 1. The Morgan fingerprint density at radius 2 is 1.87 bits per heavy atom. The summed E-state index contributed by atoms with van der Waals surface area (Å²) >= 11 is 0. The number of rotatable bonds is 4. The zero-order chi connectivity index (χ0) is 11.3. The van der Waals surface area contributed by atoms with Crippen molar-refractivity contribution < 1.29 is 4.74 Å². The van der Waals surface area contributed by atoms with Gasteiger partial charge in [-0.3, -0.25) is 0 Å². The van der Waals surface area contributed by atoms with Crippen molar-refractivity contribution >= 4 is 0 Å². The molecule has 0 amide bonds. The van der Waals surface area contributed by atoms with Crippen LogP contribution in [0.5, 0.6) is 0 Å². The molecule has 1 aliphatic rings. The highest BCUT2D eigenvalue weighted by Crippen LogP contribution is 2.33. The van der Waals surface area contributed by atoms with E-state index < -0.39 is 0 Å². The molecule has 88 valence electrons. The quantitative estimate of drug-likeness (QED) is 0.573. The second-order valence-electron chi connectivity index (χ2n) is 4.95. The lowest BCUT2D eigenvalue weighted by atomic mass is 9.83. The maximum atomic E-state index is 6.28. The molecule has 15 heavy (non-hydrogen) atoms. The first-order valence-corrected chi connectivity index (χ1v) is 6.06. The zero-order valence-corrected chi connectivity index (χ0v) is 10.2. The van der Waals surface area contributed by atoms with Crippen LogP contribution in [0.15, 0.2) is 12.2 Å². The molecule has 0 radical (unpaired) electrons. The maximum Gasteiger partial charge on any atom is 0.0832 e. The SMILES string of the molecule is C=C(C)CC(N)C1(OC)CCCCCC1. The van der Waals surface area contributed by atoms with E-state index in [1.165, 1.54) is 25.7 Å². The van der Waals surface area contributed by atoms with Gasteiger partial charge in [0.2, 0.25) is 0 Å². The Hall–Kier alpha value is -0.340. The molecule has 0 saturated heterocycles. The lowest BCUT2D eigenvalue weighted by molar-refractivity contribution is -0.0429. The van der Waals surface area contributed by atoms with Gasteiger partial charge in [-0.15, -0.1) is 6.58 Å². The van der Waals surface area contributed by atoms with Gasteiger partial charge in [0, 0.05) is 13.2 Å². The summed E-state index contributed by atoms with van der Waals surface area (Å²) in [6.45, 7) is 5.98. The average molecular weight is 211 g/mol. The average Bonchev–Trinajstić information content (AvgIpc) is 2.42. The van der Waals surface area contributed by atoms with Crippen LogP contribution >= 0.6 is 0 Å². The lowest BCUT2D eigenvalue weighted by Gasteiger charge is -2.37. The van der Waals surface area contributed by atoms with Crippen molar-refractivity contribution in [2.45, 2.75) is 63.5 Å². The van der Waals surface area contributed by atoms with Crippen molar-refractivity contribution in [1.29, 1.82) is 0 Å². The molecule has 0 heterocycles. The summed E-state index contributed by atoms with van der Waals surface area (Å²) in [7, 11) is 1.81. The fourth-order valence-corrected chi connectivity index (χ4v) is 2.61. The van der Waals surface area contributed by atoms with Crippen LogP contribution in [0, 0.1) is 0 Å². The van der Waals surface area contributed by atoms with Gasteiger partial charge in [0.05, 0.1) is 5.60 Å². The molecule has 1 unspecified atom stereocenters. The summed E-state index contributed by atoms with van der Waals surface area (Å²) in [4.78, 5) is 0. The van der Waals surface area contributed by atoms with Crippen LogP contribution in [-0.2, 0) is 4.74 Å². The summed E-state index contributed by atoms with van der Waals surface area (Å²) in [5.74, 6) is 0. The summed E-state index contributed by atoms with van der Waals surface area (Å²) in [6, 6.07) is 0.109. The molecule has 1 saturated carbocycles. The smallest absolute Gasteiger partial charge is 0.0832 e. The van der Waals surface area contributed by atoms with Gasteiger partial charge in [-0.05, 0) is 26.2 Å². The van der Waals surface area contributed by atoms with Gasteiger partial charge in [-0.1, -0.05) is 31.3 Å². The van der Waals surface area contributed by atoms with Gasteiger partial charge in [0.25, 0.3) is 0 Å². The van der Waals surface area contributed by atoms with Crippen LogP contribution in [0.2, 0.25) is 0 Å². The van der Waals surface area contributed by atoms with Crippen LogP contribution in [0.25, 0.3) is 0 Å². The second kappa shape index (κ2) is 5.66. The molecule has 1 fully saturated rings. The van der Waals surface area contributed by atoms with E-state index in [1.54, 1.807) is 0 Å². The molecule has 0 aromatic carbocycles. The minimum absolute atomic E-state index is 0.0878. The molecule has 1 rings (SSSR count). The highest BCUT2D eigenvalue weighted by atomic mass is 16.5. The van der Waals surface area contributed by atoms with Crippen molar-refractivity contribution in [3.8, 4) is 0 Å². The predicted molar refractivity (Wildman–Crippen MR) is 64.8 cm³/mol. The molecule has 1 aliphatic carbocycles. The number of ether oxygens (including phenoxy) is 1. The van der Waals surface area contributed by atoms with Crippen LogP contribution in [0.4, 0.5) is 0 Å². The van der Waals surface area contributed by atoms with Gasteiger partial charge >= 0.3 is 0 Å².